The Morgan fingerprint density at radius 2 is 1.68 bits per heavy atom. The molecule has 0 aliphatic rings. The van der Waals surface area contributed by atoms with Crippen LogP contribution in [0.3, 0.4) is 0 Å². The van der Waals surface area contributed by atoms with Gasteiger partial charge in [0.25, 0.3) is 0 Å². The van der Waals surface area contributed by atoms with Crippen molar-refractivity contribution in [3.63, 3.8) is 0 Å². The molecule has 0 radical (unpaired) electrons. The molecule has 0 spiro atoms. The fourth-order valence-electron chi connectivity index (χ4n) is 3.34. The highest BCUT2D eigenvalue weighted by Gasteiger charge is 2.14. The van der Waals surface area contributed by atoms with Crippen LogP contribution in [0.4, 0.5) is 0 Å². The zero-order valence-corrected chi connectivity index (χ0v) is 15.0. The number of aromatic nitrogens is 4. The highest BCUT2D eigenvalue weighted by atomic mass is 15.3. The maximum absolute atomic E-state index is 4.89. The third kappa shape index (κ3) is 2.91. The van der Waals surface area contributed by atoms with E-state index in [0.29, 0.717) is 6.54 Å². The van der Waals surface area contributed by atoms with E-state index >= 15 is 0 Å². The lowest BCUT2D eigenvalue weighted by atomic mass is 10.2. The number of para-hydroxylation sites is 3. The van der Waals surface area contributed by atoms with Gasteiger partial charge in [-0.3, -0.25) is 4.68 Å². The van der Waals surface area contributed by atoms with Crippen LogP contribution in [-0.2, 0) is 13.1 Å². The Labute approximate surface area is 147 Å². The molecular weight excluding hydrogens is 310 g/mol. The van der Waals surface area contributed by atoms with Crippen molar-refractivity contribution in [2.24, 2.45) is 0 Å². The van der Waals surface area contributed by atoms with Crippen LogP contribution in [0.5, 0.6) is 0 Å². The van der Waals surface area contributed by atoms with Crippen LogP contribution in [0.25, 0.3) is 21.9 Å². The van der Waals surface area contributed by atoms with E-state index in [4.69, 9.17) is 10.1 Å². The van der Waals surface area contributed by atoms with Gasteiger partial charge in [0.1, 0.15) is 5.82 Å². The minimum atomic E-state index is 0.677. The van der Waals surface area contributed by atoms with E-state index in [0.717, 1.165) is 35.6 Å². The lowest BCUT2D eigenvalue weighted by Crippen LogP contribution is -2.20. The molecule has 0 N–H and O–H groups in total. The van der Waals surface area contributed by atoms with Crippen molar-refractivity contribution in [3.8, 4) is 0 Å². The van der Waals surface area contributed by atoms with Crippen LogP contribution in [-0.4, -0.2) is 44.9 Å². The van der Waals surface area contributed by atoms with E-state index in [1.54, 1.807) is 0 Å². The summed E-state index contributed by atoms with van der Waals surface area (Å²) in [5, 5.41) is 5.95. The summed E-state index contributed by atoms with van der Waals surface area (Å²) in [7, 11) is 4.20. The highest BCUT2D eigenvalue weighted by Crippen LogP contribution is 2.21. The standard InChI is InChI=1S/C20H23N5/c1-15-16-8-4-6-10-18(16)25(22-15)14-20-21-17-9-5-7-11-19(17)24(20)13-12-23(2)3/h4-11H,12-14H2,1-3H3. The van der Waals surface area contributed by atoms with Crippen LogP contribution in [0.1, 0.15) is 11.5 Å². The van der Waals surface area contributed by atoms with Gasteiger partial charge < -0.3 is 9.47 Å². The van der Waals surface area contributed by atoms with Crippen LogP contribution in [0, 0.1) is 6.92 Å². The molecule has 0 saturated heterocycles. The summed E-state index contributed by atoms with van der Waals surface area (Å²) in [4.78, 5) is 7.09. The lowest BCUT2D eigenvalue weighted by Gasteiger charge is -2.13. The average molecular weight is 333 g/mol. The number of likely N-dealkylation sites (N-methyl/N-ethyl adjacent to an activating group) is 1. The molecule has 0 saturated carbocycles. The average Bonchev–Trinajstić information content (AvgIpc) is 3.11. The Balaban J connectivity index is 1.78. The number of nitrogens with zero attached hydrogens (tertiary/aromatic N) is 5. The second-order valence-corrected chi connectivity index (χ2v) is 6.73. The van der Waals surface area contributed by atoms with Crippen molar-refractivity contribution >= 4 is 21.9 Å². The van der Waals surface area contributed by atoms with E-state index in [2.05, 4.69) is 77.6 Å². The Morgan fingerprint density at radius 3 is 2.48 bits per heavy atom. The minimum absolute atomic E-state index is 0.677. The number of hydrogen-bond acceptors (Lipinski definition) is 3. The SMILES string of the molecule is Cc1nn(Cc2nc3ccccc3n2CCN(C)C)c2ccccc12. The number of fused-ring (bicyclic) bond motifs is 2. The summed E-state index contributed by atoms with van der Waals surface area (Å²) < 4.78 is 4.39. The molecule has 0 atom stereocenters. The predicted octanol–water partition coefficient (Wildman–Crippen LogP) is 3.30. The van der Waals surface area contributed by atoms with Crippen molar-refractivity contribution in [2.45, 2.75) is 20.0 Å². The summed E-state index contributed by atoms with van der Waals surface area (Å²) in [5.74, 6) is 1.05. The smallest absolute Gasteiger partial charge is 0.131 e. The molecule has 4 aromatic rings. The Kier molecular flexibility index (Phi) is 4.01. The molecule has 5 heteroatoms. The largest absolute Gasteiger partial charge is 0.325 e. The van der Waals surface area contributed by atoms with Gasteiger partial charge in [0.05, 0.1) is 28.8 Å². The van der Waals surface area contributed by atoms with Gasteiger partial charge in [-0.15, -0.1) is 0 Å². The second kappa shape index (κ2) is 6.33. The third-order valence-corrected chi connectivity index (χ3v) is 4.64. The van der Waals surface area contributed by atoms with Crippen molar-refractivity contribution in [2.75, 3.05) is 20.6 Å². The fraction of sp³-hybridized carbons (Fsp3) is 0.300. The van der Waals surface area contributed by atoms with Crippen LogP contribution < -0.4 is 0 Å². The number of hydrogen-bond donors (Lipinski definition) is 0. The number of aryl methyl sites for hydroxylation is 1. The Bertz CT molecular complexity index is 1030. The molecule has 25 heavy (non-hydrogen) atoms. The van der Waals surface area contributed by atoms with E-state index in [-0.39, 0.29) is 0 Å². The third-order valence-electron chi connectivity index (χ3n) is 4.64. The molecule has 2 aromatic carbocycles. The summed E-state index contributed by atoms with van der Waals surface area (Å²) in [6.07, 6.45) is 0. The van der Waals surface area contributed by atoms with Gasteiger partial charge in [-0.25, -0.2) is 4.98 Å². The molecule has 0 bridgehead atoms. The van der Waals surface area contributed by atoms with Gasteiger partial charge in [0, 0.05) is 18.5 Å². The van der Waals surface area contributed by atoms with Gasteiger partial charge in [-0.05, 0) is 39.2 Å². The van der Waals surface area contributed by atoms with Gasteiger partial charge in [-0.2, -0.15) is 5.10 Å². The Morgan fingerprint density at radius 1 is 0.960 bits per heavy atom. The number of benzene rings is 2. The van der Waals surface area contributed by atoms with Crippen molar-refractivity contribution in [3.05, 3.63) is 60.0 Å². The first-order valence-corrected chi connectivity index (χ1v) is 8.64. The molecule has 4 rings (SSSR count). The first kappa shape index (κ1) is 15.8. The first-order chi connectivity index (χ1) is 12.1. The molecule has 0 fully saturated rings. The maximum Gasteiger partial charge on any atom is 0.131 e. The summed E-state index contributed by atoms with van der Waals surface area (Å²) in [6.45, 7) is 4.64. The minimum Gasteiger partial charge on any atom is -0.325 e. The molecule has 2 heterocycles. The fourth-order valence-corrected chi connectivity index (χ4v) is 3.34. The molecule has 0 unspecified atom stereocenters. The quantitative estimate of drug-likeness (QED) is 0.562. The van der Waals surface area contributed by atoms with E-state index in [1.807, 2.05) is 6.07 Å². The Hall–Kier alpha value is -2.66. The molecule has 5 nitrogen and oxygen atoms in total. The van der Waals surface area contributed by atoms with Gasteiger partial charge >= 0.3 is 0 Å². The highest BCUT2D eigenvalue weighted by molar-refractivity contribution is 5.82. The van der Waals surface area contributed by atoms with Crippen LogP contribution in [0.15, 0.2) is 48.5 Å². The molecule has 2 aromatic heterocycles. The van der Waals surface area contributed by atoms with Crippen LogP contribution >= 0.6 is 0 Å². The van der Waals surface area contributed by atoms with E-state index < -0.39 is 0 Å². The predicted molar refractivity (Wildman–Crippen MR) is 102 cm³/mol. The van der Waals surface area contributed by atoms with Crippen LogP contribution in [0.2, 0.25) is 0 Å². The summed E-state index contributed by atoms with van der Waals surface area (Å²) >= 11 is 0. The second-order valence-electron chi connectivity index (χ2n) is 6.73. The lowest BCUT2D eigenvalue weighted by molar-refractivity contribution is 0.382. The monoisotopic (exact) mass is 333 g/mol. The topological polar surface area (TPSA) is 38.9 Å². The molecule has 0 aliphatic heterocycles. The zero-order valence-electron chi connectivity index (χ0n) is 15.0. The summed E-state index contributed by atoms with van der Waals surface area (Å²) in [6, 6.07) is 16.7. The zero-order chi connectivity index (χ0) is 17.4. The molecular formula is C20H23N5. The maximum atomic E-state index is 4.89. The molecule has 128 valence electrons. The van der Waals surface area contributed by atoms with E-state index in [1.165, 1.54) is 10.9 Å². The normalized spacial score (nSPS) is 11.8. The van der Waals surface area contributed by atoms with Gasteiger partial charge in [-0.1, -0.05) is 30.3 Å². The van der Waals surface area contributed by atoms with Gasteiger partial charge in [0.15, 0.2) is 0 Å². The van der Waals surface area contributed by atoms with Crippen molar-refractivity contribution < 1.29 is 0 Å². The molecule has 0 aliphatic carbocycles. The number of rotatable bonds is 5. The van der Waals surface area contributed by atoms with Crippen molar-refractivity contribution in [1.29, 1.82) is 0 Å². The van der Waals surface area contributed by atoms with Gasteiger partial charge in [0.2, 0.25) is 0 Å². The van der Waals surface area contributed by atoms with Crippen molar-refractivity contribution in [1.82, 2.24) is 24.2 Å². The van der Waals surface area contributed by atoms with E-state index in [9.17, 15) is 0 Å². The first-order valence-electron chi connectivity index (χ1n) is 8.64. The molecule has 0 amide bonds. The summed E-state index contributed by atoms with van der Waals surface area (Å²) in [5.41, 5.74) is 4.45. The number of imidazole rings is 1.